The lowest BCUT2D eigenvalue weighted by Gasteiger charge is -2.21. The summed E-state index contributed by atoms with van der Waals surface area (Å²) in [5.41, 5.74) is 0.660. The molecular weight excluding hydrogens is 211 g/mol. The molecule has 86 valence electrons. The van der Waals surface area contributed by atoms with E-state index in [0.717, 1.165) is 4.90 Å². The third-order valence-electron chi connectivity index (χ3n) is 1.81. The lowest BCUT2D eigenvalue weighted by atomic mass is 10.3. The summed E-state index contributed by atoms with van der Waals surface area (Å²) in [5, 5.41) is 8.63. The van der Waals surface area contributed by atoms with Gasteiger partial charge in [0.15, 0.2) is 0 Å². The van der Waals surface area contributed by atoms with E-state index < -0.39 is 12.7 Å². The molecule has 1 aromatic rings. The Bertz CT molecular complexity index is 271. The fraction of sp³-hybridized carbons (Fsp3) is 0.556. The van der Waals surface area contributed by atoms with Gasteiger partial charge in [-0.05, 0) is 6.07 Å². The van der Waals surface area contributed by atoms with E-state index in [2.05, 4.69) is 0 Å². The number of hydrogen-bond acceptors (Lipinski definition) is 3. The zero-order chi connectivity index (χ0) is 11.3. The summed E-state index contributed by atoms with van der Waals surface area (Å²) in [4.78, 5) is 1.12. The molecule has 0 aliphatic carbocycles. The Balaban J connectivity index is 2.51. The molecule has 0 amide bonds. The molecule has 6 heteroatoms. The molecular formula is C9H12F3NO2. The highest BCUT2D eigenvalue weighted by Gasteiger charge is 2.30. The summed E-state index contributed by atoms with van der Waals surface area (Å²) in [6, 6.07) is 1.60. The fourth-order valence-corrected chi connectivity index (χ4v) is 1.25. The van der Waals surface area contributed by atoms with Crippen LogP contribution in [0.15, 0.2) is 23.0 Å². The van der Waals surface area contributed by atoms with Crippen molar-refractivity contribution in [2.75, 3.05) is 19.7 Å². The molecule has 0 fully saturated rings. The van der Waals surface area contributed by atoms with Crippen LogP contribution in [0.2, 0.25) is 0 Å². The number of hydrogen-bond donors (Lipinski definition) is 1. The predicted octanol–water partition coefficient (Wildman–Crippen LogP) is 1.64. The summed E-state index contributed by atoms with van der Waals surface area (Å²) in [6.45, 7) is -1.21. The highest BCUT2D eigenvalue weighted by molar-refractivity contribution is 5.04. The molecule has 1 aromatic heterocycles. The van der Waals surface area contributed by atoms with Crippen molar-refractivity contribution in [3.63, 3.8) is 0 Å². The van der Waals surface area contributed by atoms with E-state index in [4.69, 9.17) is 9.52 Å². The number of rotatable bonds is 5. The van der Waals surface area contributed by atoms with Gasteiger partial charge in [0.05, 0.1) is 25.7 Å². The molecule has 0 aliphatic heterocycles. The second-order valence-electron chi connectivity index (χ2n) is 3.18. The third-order valence-corrected chi connectivity index (χ3v) is 1.81. The smallest absolute Gasteiger partial charge is 0.401 e. The molecule has 0 atom stereocenters. The Hall–Kier alpha value is -1.01. The van der Waals surface area contributed by atoms with Crippen LogP contribution in [-0.4, -0.2) is 35.9 Å². The first kappa shape index (κ1) is 12.1. The molecule has 0 radical (unpaired) electrons. The second kappa shape index (κ2) is 5.18. The Morgan fingerprint density at radius 2 is 2.13 bits per heavy atom. The van der Waals surface area contributed by atoms with Crippen molar-refractivity contribution in [2.24, 2.45) is 0 Å². The zero-order valence-electron chi connectivity index (χ0n) is 8.00. The maximum Gasteiger partial charge on any atom is 0.401 e. The van der Waals surface area contributed by atoms with Gasteiger partial charge in [-0.3, -0.25) is 4.90 Å². The Morgan fingerprint density at radius 3 is 2.60 bits per heavy atom. The van der Waals surface area contributed by atoms with Crippen LogP contribution in [-0.2, 0) is 6.54 Å². The van der Waals surface area contributed by atoms with E-state index in [9.17, 15) is 13.2 Å². The molecule has 0 aliphatic rings. The monoisotopic (exact) mass is 223 g/mol. The van der Waals surface area contributed by atoms with Gasteiger partial charge in [0.1, 0.15) is 0 Å². The van der Waals surface area contributed by atoms with Crippen molar-refractivity contribution in [3.05, 3.63) is 24.2 Å². The summed E-state index contributed by atoms with van der Waals surface area (Å²) in [6.07, 6.45) is -1.46. The minimum absolute atomic E-state index is 0.00924. The van der Waals surface area contributed by atoms with E-state index in [1.54, 1.807) is 6.07 Å². The van der Waals surface area contributed by atoms with Crippen LogP contribution in [0.25, 0.3) is 0 Å². The van der Waals surface area contributed by atoms with Crippen molar-refractivity contribution >= 4 is 0 Å². The normalized spacial score (nSPS) is 12.3. The molecule has 15 heavy (non-hydrogen) atoms. The summed E-state index contributed by atoms with van der Waals surface area (Å²) >= 11 is 0. The van der Waals surface area contributed by atoms with Crippen molar-refractivity contribution < 1.29 is 22.7 Å². The molecule has 0 saturated heterocycles. The van der Waals surface area contributed by atoms with Gasteiger partial charge in [0, 0.05) is 18.7 Å². The van der Waals surface area contributed by atoms with Gasteiger partial charge in [0.25, 0.3) is 0 Å². The topological polar surface area (TPSA) is 36.6 Å². The number of aliphatic hydroxyl groups is 1. The molecule has 1 rings (SSSR count). The molecule has 0 spiro atoms. The van der Waals surface area contributed by atoms with Crippen molar-refractivity contribution in [2.45, 2.75) is 12.7 Å². The van der Waals surface area contributed by atoms with Gasteiger partial charge in [-0.2, -0.15) is 13.2 Å². The Labute approximate surface area is 85.1 Å². The van der Waals surface area contributed by atoms with Crippen molar-refractivity contribution in [1.82, 2.24) is 4.90 Å². The average molecular weight is 223 g/mol. The molecule has 1 N–H and O–H groups in total. The molecule has 1 heterocycles. The molecule has 0 unspecified atom stereocenters. The number of nitrogens with zero attached hydrogens (tertiary/aromatic N) is 1. The van der Waals surface area contributed by atoms with Crippen LogP contribution in [0.3, 0.4) is 0 Å². The van der Waals surface area contributed by atoms with Crippen LogP contribution >= 0.6 is 0 Å². The Kier molecular flexibility index (Phi) is 4.16. The lowest BCUT2D eigenvalue weighted by Crippen LogP contribution is -2.35. The van der Waals surface area contributed by atoms with Crippen LogP contribution in [0.4, 0.5) is 13.2 Å². The minimum atomic E-state index is -4.25. The number of furan rings is 1. The van der Waals surface area contributed by atoms with Crippen LogP contribution in [0.1, 0.15) is 5.56 Å². The zero-order valence-corrected chi connectivity index (χ0v) is 8.00. The SMILES string of the molecule is OCCN(Cc1ccoc1)CC(F)(F)F. The van der Waals surface area contributed by atoms with Gasteiger partial charge in [-0.25, -0.2) is 0 Å². The number of aliphatic hydroxyl groups excluding tert-OH is 1. The van der Waals surface area contributed by atoms with Gasteiger partial charge >= 0.3 is 6.18 Å². The first-order valence-corrected chi connectivity index (χ1v) is 4.42. The van der Waals surface area contributed by atoms with Crippen molar-refractivity contribution in [3.8, 4) is 0 Å². The third kappa shape index (κ3) is 4.85. The van der Waals surface area contributed by atoms with E-state index in [-0.39, 0.29) is 19.7 Å². The van der Waals surface area contributed by atoms with Gasteiger partial charge in [-0.1, -0.05) is 0 Å². The first-order valence-electron chi connectivity index (χ1n) is 4.42. The predicted molar refractivity (Wildman–Crippen MR) is 47.1 cm³/mol. The minimum Gasteiger partial charge on any atom is -0.472 e. The summed E-state index contributed by atoms with van der Waals surface area (Å²) < 4.78 is 41.1. The second-order valence-corrected chi connectivity index (χ2v) is 3.18. The maximum absolute atomic E-state index is 12.1. The van der Waals surface area contributed by atoms with Gasteiger partial charge < -0.3 is 9.52 Å². The van der Waals surface area contributed by atoms with Gasteiger partial charge in [0.2, 0.25) is 0 Å². The van der Waals surface area contributed by atoms with E-state index in [1.807, 2.05) is 0 Å². The van der Waals surface area contributed by atoms with E-state index in [0.29, 0.717) is 5.56 Å². The number of halogens is 3. The quantitative estimate of drug-likeness (QED) is 0.824. The standard InChI is InChI=1S/C9H12F3NO2/c10-9(11,12)7-13(2-3-14)5-8-1-4-15-6-8/h1,4,6,14H,2-3,5,7H2. The summed E-state index contributed by atoms with van der Waals surface area (Å²) in [7, 11) is 0. The van der Waals surface area contributed by atoms with Crippen molar-refractivity contribution in [1.29, 1.82) is 0 Å². The van der Waals surface area contributed by atoms with Gasteiger partial charge in [-0.15, -0.1) is 0 Å². The molecule has 3 nitrogen and oxygen atoms in total. The van der Waals surface area contributed by atoms with Crippen LogP contribution in [0, 0.1) is 0 Å². The highest BCUT2D eigenvalue weighted by Crippen LogP contribution is 2.17. The molecule has 0 aromatic carbocycles. The first-order chi connectivity index (χ1) is 7.01. The van der Waals surface area contributed by atoms with Crippen LogP contribution < -0.4 is 0 Å². The highest BCUT2D eigenvalue weighted by atomic mass is 19.4. The summed E-state index contributed by atoms with van der Waals surface area (Å²) in [5.74, 6) is 0. The fourth-order valence-electron chi connectivity index (χ4n) is 1.25. The van der Waals surface area contributed by atoms with E-state index in [1.165, 1.54) is 12.5 Å². The molecule has 0 bridgehead atoms. The average Bonchev–Trinajstić information content (AvgIpc) is 2.54. The van der Waals surface area contributed by atoms with Crippen LogP contribution in [0.5, 0.6) is 0 Å². The number of alkyl halides is 3. The largest absolute Gasteiger partial charge is 0.472 e. The molecule has 0 saturated carbocycles. The lowest BCUT2D eigenvalue weighted by molar-refractivity contribution is -0.148. The maximum atomic E-state index is 12.1. The van der Waals surface area contributed by atoms with E-state index >= 15 is 0 Å². The Morgan fingerprint density at radius 1 is 1.40 bits per heavy atom.